The molecule has 4 nitrogen and oxygen atoms in total. The topological polar surface area (TPSA) is 49.4 Å². The highest BCUT2D eigenvalue weighted by Crippen LogP contribution is 2.26. The molecule has 0 unspecified atom stereocenters. The molecule has 1 aliphatic heterocycles. The van der Waals surface area contributed by atoms with Gasteiger partial charge in [0.1, 0.15) is 0 Å². The number of likely N-dealkylation sites (tertiary alicyclic amines) is 1. The van der Waals surface area contributed by atoms with Crippen LogP contribution in [0.25, 0.3) is 0 Å². The van der Waals surface area contributed by atoms with Crippen molar-refractivity contribution in [3.63, 3.8) is 0 Å². The zero-order valence-electron chi connectivity index (χ0n) is 14.6. The number of para-hydroxylation sites is 1. The summed E-state index contributed by atoms with van der Waals surface area (Å²) in [5.41, 5.74) is 2.07. The van der Waals surface area contributed by atoms with E-state index in [1.54, 1.807) is 0 Å². The van der Waals surface area contributed by atoms with E-state index in [9.17, 15) is 9.59 Å². The standard InChI is InChI=1S/C19H28N2O2/c1-13(2)16-7-5-6-8-17(16)20-18(22)15-9-11-21(12-10-15)19(23)14(3)4/h5-8,13-15H,9-12H2,1-4H3,(H,20,22). The summed E-state index contributed by atoms with van der Waals surface area (Å²) < 4.78 is 0. The summed E-state index contributed by atoms with van der Waals surface area (Å²) in [6.45, 7) is 9.46. The molecular formula is C19H28N2O2. The van der Waals surface area contributed by atoms with E-state index < -0.39 is 0 Å². The Balaban J connectivity index is 1.95. The lowest BCUT2D eigenvalue weighted by Gasteiger charge is -2.32. The zero-order chi connectivity index (χ0) is 17.0. The molecule has 126 valence electrons. The second-order valence-electron chi connectivity index (χ2n) is 6.99. The molecule has 1 saturated heterocycles. The first-order valence-electron chi connectivity index (χ1n) is 8.58. The first kappa shape index (κ1) is 17.5. The lowest BCUT2D eigenvalue weighted by atomic mass is 9.94. The molecule has 0 aliphatic carbocycles. The molecule has 4 heteroatoms. The monoisotopic (exact) mass is 316 g/mol. The van der Waals surface area contributed by atoms with Gasteiger partial charge in [0.05, 0.1) is 0 Å². The van der Waals surface area contributed by atoms with Crippen LogP contribution in [0.1, 0.15) is 52.0 Å². The molecule has 1 aromatic rings. The van der Waals surface area contributed by atoms with Crippen LogP contribution in [0.4, 0.5) is 5.69 Å². The SMILES string of the molecule is CC(C)C(=O)N1CCC(C(=O)Nc2ccccc2C(C)C)CC1. The summed E-state index contributed by atoms with van der Waals surface area (Å²) in [6, 6.07) is 7.97. The Kier molecular flexibility index (Phi) is 5.80. The van der Waals surface area contributed by atoms with Gasteiger partial charge in [-0.3, -0.25) is 9.59 Å². The largest absolute Gasteiger partial charge is 0.342 e. The lowest BCUT2D eigenvalue weighted by Crippen LogP contribution is -2.43. The number of anilines is 1. The number of rotatable bonds is 4. The van der Waals surface area contributed by atoms with Crippen LogP contribution >= 0.6 is 0 Å². The van der Waals surface area contributed by atoms with Crippen molar-refractivity contribution in [3.8, 4) is 0 Å². The quantitative estimate of drug-likeness (QED) is 0.922. The van der Waals surface area contributed by atoms with Crippen LogP contribution in [0.5, 0.6) is 0 Å². The van der Waals surface area contributed by atoms with Crippen LogP contribution in [0, 0.1) is 11.8 Å². The Morgan fingerprint density at radius 1 is 1.09 bits per heavy atom. The Morgan fingerprint density at radius 2 is 1.70 bits per heavy atom. The Morgan fingerprint density at radius 3 is 2.26 bits per heavy atom. The van der Waals surface area contributed by atoms with Crippen LogP contribution in [-0.2, 0) is 9.59 Å². The van der Waals surface area contributed by atoms with E-state index in [-0.39, 0.29) is 23.7 Å². The van der Waals surface area contributed by atoms with Crippen molar-refractivity contribution in [2.45, 2.75) is 46.5 Å². The number of nitrogens with one attached hydrogen (secondary N) is 1. The van der Waals surface area contributed by atoms with Gasteiger partial charge in [0.2, 0.25) is 11.8 Å². The van der Waals surface area contributed by atoms with Gasteiger partial charge in [0.25, 0.3) is 0 Å². The van der Waals surface area contributed by atoms with Crippen molar-refractivity contribution in [2.75, 3.05) is 18.4 Å². The van der Waals surface area contributed by atoms with E-state index in [1.165, 1.54) is 0 Å². The Bertz CT molecular complexity index is 558. The molecule has 0 radical (unpaired) electrons. The van der Waals surface area contributed by atoms with Crippen molar-refractivity contribution in [1.82, 2.24) is 4.90 Å². The van der Waals surface area contributed by atoms with E-state index in [2.05, 4.69) is 25.2 Å². The van der Waals surface area contributed by atoms with Gasteiger partial charge in [-0.15, -0.1) is 0 Å². The molecule has 1 fully saturated rings. The van der Waals surface area contributed by atoms with Crippen LogP contribution < -0.4 is 5.32 Å². The van der Waals surface area contributed by atoms with Gasteiger partial charge in [-0.2, -0.15) is 0 Å². The average molecular weight is 316 g/mol. The maximum absolute atomic E-state index is 12.5. The molecule has 1 aromatic carbocycles. The summed E-state index contributed by atoms with van der Waals surface area (Å²) in [5, 5.41) is 3.09. The molecule has 0 aromatic heterocycles. The van der Waals surface area contributed by atoms with Crippen LogP contribution in [0.3, 0.4) is 0 Å². The van der Waals surface area contributed by atoms with Gasteiger partial charge in [-0.25, -0.2) is 0 Å². The first-order chi connectivity index (χ1) is 10.9. The Labute approximate surface area is 139 Å². The van der Waals surface area contributed by atoms with Crippen LogP contribution in [0.2, 0.25) is 0 Å². The fraction of sp³-hybridized carbons (Fsp3) is 0.579. The Hall–Kier alpha value is -1.84. The van der Waals surface area contributed by atoms with Gasteiger partial charge in [0.15, 0.2) is 0 Å². The van der Waals surface area contributed by atoms with Gasteiger partial charge >= 0.3 is 0 Å². The molecule has 2 rings (SSSR count). The number of amides is 2. The number of carbonyl (C=O) groups is 2. The summed E-state index contributed by atoms with van der Waals surface area (Å²) in [6.07, 6.45) is 1.49. The number of nitrogens with zero attached hydrogens (tertiary/aromatic N) is 1. The second kappa shape index (κ2) is 7.62. The number of carbonyl (C=O) groups excluding carboxylic acids is 2. The van der Waals surface area contributed by atoms with Crippen molar-refractivity contribution in [2.24, 2.45) is 11.8 Å². The normalized spacial score (nSPS) is 16.0. The van der Waals surface area contributed by atoms with Crippen molar-refractivity contribution in [3.05, 3.63) is 29.8 Å². The molecule has 0 saturated carbocycles. The molecule has 1 N–H and O–H groups in total. The number of hydrogen-bond donors (Lipinski definition) is 1. The fourth-order valence-corrected chi connectivity index (χ4v) is 3.08. The highest BCUT2D eigenvalue weighted by Gasteiger charge is 2.28. The van der Waals surface area contributed by atoms with Gasteiger partial charge in [-0.05, 0) is 30.4 Å². The third kappa shape index (κ3) is 4.34. The molecule has 2 amide bonds. The first-order valence-corrected chi connectivity index (χ1v) is 8.58. The maximum atomic E-state index is 12.5. The predicted molar refractivity (Wildman–Crippen MR) is 93.3 cm³/mol. The highest BCUT2D eigenvalue weighted by molar-refractivity contribution is 5.93. The number of benzene rings is 1. The molecule has 1 aliphatic rings. The second-order valence-corrected chi connectivity index (χ2v) is 6.99. The summed E-state index contributed by atoms with van der Waals surface area (Å²) in [4.78, 5) is 26.4. The smallest absolute Gasteiger partial charge is 0.227 e. The zero-order valence-corrected chi connectivity index (χ0v) is 14.6. The molecule has 1 heterocycles. The van der Waals surface area contributed by atoms with Crippen LogP contribution in [-0.4, -0.2) is 29.8 Å². The van der Waals surface area contributed by atoms with Gasteiger partial charge < -0.3 is 10.2 Å². The predicted octanol–water partition coefficient (Wildman–Crippen LogP) is 3.64. The van der Waals surface area contributed by atoms with Crippen molar-refractivity contribution >= 4 is 17.5 Å². The summed E-state index contributed by atoms with van der Waals surface area (Å²) in [5.74, 6) is 0.658. The van der Waals surface area contributed by atoms with E-state index in [4.69, 9.17) is 0 Å². The van der Waals surface area contributed by atoms with Crippen molar-refractivity contribution < 1.29 is 9.59 Å². The minimum absolute atomic E-state index is 0.00793. The maximum Gasteiger partial charge on any atom is 0.227 e. The minimum Gasteiger partial charge on any atom is -0.342 e. The number of piperidine rings is 1. The highest BCUT2D eigenvalue weighted by atomic mass is 16.2. The molecule has 23 heavy (non-hydrogen) atoms. The average Bonchev–Trinajstić information content (AvgIpc) is 2.54. The van der Waals surface area contributed by atoms with Crippen LogP contribution in [0.15, 0.2) is 24.3 Å². The lowest BCUT2D eigenvalue weighted by molar-refractivity contribution is -0.137. The van der Waals surface area contributed by atoms with E-state index in [1.807, 2.05) is 36.9 Å². The third-order valence-corrected chi connectivity index (χ3v) is 4.51. The van der Waals surface area contributed by atoms with Gasteiger partial charge in [-0.1, -0.05) is 45.9 Å². The minimum atomic E-state index is -0.00793. The van der Waals surface area contributed by atoms with Gasteiger partial charge in [0, 0.05) is 30.6 Å². The molecule has 0 spiro atoms. The third-order valence-electron chi connectivity index (χ3n) is 4.51. The van der Waals surface area contributed by atoms with E-state index >= 15 is 0 Å². The molecule has 0 atom stereocenters. The fourth-order valence-electron chi connectivity index (χ4n) is 3.08. The molecule has 0 bridgehead atoms. The van der Waals surface area contributed by atoms with E-state index in [0.29, 0.717) is 19.0 Å². The van der Waals surface area contributed by atoms with E-state index in [0.717, 1.165) is 24.1 Å². The van der Waals surface area contributed by atoms with Crippen molar-refractivity contribution in [1.29, 1.82) is 0 Å². The summed E-state index contributed by atoms with van der Waals surface area (Å²) in [7, 11) is 0. The molecular weight excluding hydrogens is 288 g/mol. The number of hydrogen-bond acceptors (Lipinski definition) is 2. The summed E-state index contributed by atoms with van der Waals surface area (Å²) >= 11 is 0.